The Hall–Kier alpha value is -1.60. The van der Waals surface area contributed by atoms with E-state index in [0.717, 1.165) is 11.8 Å². The Kier molecular flexibility index (Phi) is 6.83. The molecular weight excluding hydrogens is 304 g/mol. The van der Waals surface area contributed by atoms with Gasteiger partial charge in [0.05, 0.1) is 13.4 Å². The first kappa shape index (κ1) is 18.4. The summed E-state index contributed by atoms with van der Waals surface area (Å²) in [6.45, 7) is 4.10. The lowest BCUT2D eigenvalue weighted by Gasteiger charge is -2.23. The molecule has 1 rings (SSSR count). The lowest BCUT2D eigenvalue weighted by molar-refractivity contribution is -0.121. The summed E-state index contributed by atoms with van der Waals surface area (Å²) in [7, 11) is -1.73. The minimum absolute atomic E-state index is 0.125. The molecule has 1 N–H and O–H groups in total. The Morgan fingerprint density at radius 1 is 1.32 bits per heavy atom. The van der Waals surface area contributed by atoms with Crippen molar-refractivity contribution >= 4 is 15.9 Å². The van der Waals surface area contributed by atoms with E-state index in [1.807, 2.05) is 24.3 Å². The van der Waals surface area contributed by atoms with Gasteiger partial charge in [-0.15, -0.1) is 0 Å². The van der Waals surface area contributed by atoms with E-state index in [-0.39, 0.29) is 24.9 Å². The monoisotopic (exact) mass is 328 g/mol. The smallest absolute Gasteiger partial charge is 0.221 e. The summed E-state index contributed by atoms with van der Waals surface area (Å²) in [4.78, 5) is 11.9. The molecule has 0 heterocycles. The fourth-order valence-electron chi connectivity index (χ4n) is 2.15. The van der Waals surface area contributed by atoms with Crippen LogP contribution in [0.5, 0.6) is 5.75 Å². The zero-order chi connectivity index (χ0) is 16.8. The predicted molar refractivity (Wildman–Crippen MR) is 86.1 cm³/mol. The van der Waals surface area contributed by atoms with Crippen LogP contribution in [0.4, 0.5) is 0 Å². The summed E-state index contributed by atoms with van der Waals surface area (Å²) >= 11 is 0. The van der Waals surface area contributed by atoms with Crippen molar-refractivity contribution in [2.24, 2.45) is 0 Å². The molecule has 0 aliphatic carbocycles. The summed E-state index contributed by atoms with van der Waals surface area (Å²) in [6.07, 6.45) is 1.28. The SMILES string of the molecule is COc1ccccc1CNC(=O)CCN(C(C)C)S(C)(=O)=O. The van der Waals surface area contributed by atoms with Crippen LogP contribution in [-0.2, 0) is 21.4 Å². The number of amides is 1. The van der Waals surface area contributed by atoms with E-state index in [4.69, 9.17) is 4.74 Å². The molecule has 0 radical (unpaired) electrons. The third kappa shape index (κ3) is 5.65. The van der Waals surface area contributed by atoms with Crippen LogP contribution >= 0.6 is 0 Å². The number of benzene rings is 1. The number of hydrogen-bond donors (Lipinski definition) is 1. The van der Waals surface area contributed by atoms with Crippen LogP contribution in [0.1, 0.15) is 25.8 Å². The second kappa shape index (κ2) is 8.14. The van der Waals surface area contributed by atoms with Crippen molar-refractivity contribution in [3.8, 4) is 5.75 Å². The molecule has 6 nitrogen and oxygen atoms in total. The number of carbonyl (C=O) groups is 1. The highest BCUT2D eigenvalue weighted by molar-refractivity contribution is 7.88. The Morgan fingerprint density at radius 3 is 2.50 bits per heavy atom. The quantitative estimate of drug-likeness (QED) is 0.782. The van der Waals surface area contributed by atoms with Crippen molar-refractivity contribution in [2.45, 2.75) is 32.9 Å². The number of nitrogens with zero attached hydrogens (tertiary/aromatic N) is 1. The van der Waals surface area contributed by atoms with Gasteiger partial charge in [-0.3, -0.25) is 4.79 Å². The molecule has 0 fully saturated rings. The Balaban J connectivity index is 2.53. The first-order chi connectivity index (χ1) is 10.3. The molecule has 0 aliphatic heterocycles. The van der Waals surface area contributed by atoms with Crippen LogP contribution in [0.3, 0.4) is 0 Å². The highest BCUT2D eigenvalue weighted by Crippen LogP contribution is 2.16. The van der Waals surface area contributed by atoms with Crippen LogP contribution in [-0.4, -0.2) is 44.6 Å². The van der Waals surface area contributed by atoms with Gasteiger partial charge in [0.25, 0.3) is 0 Å². The average Bonchev–Trinajstić information content (AvgIpc) is 2.43. The van der Waals surface area contributed by atoms with Crippen molar-refractivity contribution in [3.05, 3.63) is 29.8 Å². The van der Waals surface area contributed by atoms with Crippen molar-refractivity contribution in [2.75, 3.05) is 19.9 Å². The van der Waals surface area contributed by atoms with E-state index in [9.17, 15) is 13.2 Å². The molecule has 22 heavy (non-hydrogen) atoms. The molecular formula is C15H24N2O4S. The molecule has 0 unspecified atom stereocenters. The maximum atomic E-state index is 11.9. The van der Waals surface area contributed by atoms with E-state index in [1.165, 1.54) is 4.31 Å². The van der Waals surface area contributed by atoms with Gasteiger partial charge in [-0.2, -0.15) is 4.31 Å². The van der Waals surface area contributed by atoms with Crippen LogP contribution in [0, 0.1) is 0 Å². The minimum atomic E-state index is -3.30. The largest absolute Gasteiger partial charge is 0.496 e. The summed E-state index contributed by atoms with van der Waals surface area (Å²) in [5.74, 6) is 0.517. The maximum Gasteiger partial charge on any atom is 0.221 e. The van der Waals surface area contributed by atoms with Crippen molar-refractivity contribution < 1.29 is 17.9 Å². The maximum absolute atomic E-state index is 11.9. The van der Waals surface area contributed by atoms with Gasteiger partial charge in [0, 0.05) is 31.1 Å². The third-order valence-electron chi connectivity index (χ3n) is 3.23. The van der Waals surface area contributed by atoms with Crippen molar-refractivity contribution in [3.63, 3.8) is 0 Å². The predicted octanol–water partition coefficient (Wildman–Crippen LogP) is 1.37. The van der Waals surface area contributed by atoms with Crippen LogP contribution in [0.15, 0.2) is 24.3 Å². The molecule has 0 spiro atoms. The fraction of sp³-hybridized carbons (Fsp3) is 0.533. The molecule has 0 aliphatic rings. The molecule has 0 bridgehead atoms. The van der Waals surface area contributed by atoms with Crippen LogP contribution in [0.25, 0.3) is 0 Å². The van der Waals surface area contributed by atoms with E-state index in [0.29, 0.717) is 12.3 Å². The number of nitrogens with one attached hydrogen (secondary N) is 1. The molecule has 1 aromatic carbocycles. The molecule has 0 atom stereocenters. The van der Waals surface area contributed by atoms with Gasteiger partial charge in [-0.05, 0) is 19.9 Å². The van der Waals surface area contributed by atoms with Gasteiger partial charge in [-0.1, -0.05) is 18.2 Å². The van der Waals surface area contributed by atoms with E-state index in [2.05, 4.69) is 5.32 Å². The number of rotatable bonds is 8. The lowest BCUT2D eigenvalue weighted by Crippen LogP contribution is -2.39. The topological polar surface area (TPSA) is 75.7 Å². The molecule has 0 saturated heterocycles. The summed E-state index contributed by atoms with van der Waals surface area (Å²) in [5, 5.41) is 2.78. The first-order valence-electron chi connectivity index (χ1n) is 7.11. The summed E-state index contributed by atoms with van der Waals surface area (Å²) in [5.41, 5.74) is 0.877. The zero-order valence-corrected chi connectivity index (χ0v) is 14.3. The van der Waals surface area contributed by atoms with Gasteiger partial charge >= 0.3 is 0 Å². The number of sulfonamides is 1. The Labute approximate surface area is 132 Å². The van der Waals surface area contributed by atoms with E-state index < -0.39 is 10.0 Å². The van der Waals surface area contributed by atoms with Crippen molar-refractivity contribution in [1.29, 1.82) is 0 Å². The van der Waals surface area contributed by atoms with Gasteiger partial charge in [0.15, 0.2) is 0 Å². The van der Waals surface area contributed by atoms with Crippen molar-refractivity contribution in [1.82, 2.24) is 9.62 Å². The van der Waals surface area contributed by atoms with Gasteiger partial charge in [0.1, 0.15) is 5.75 Å². The molecule has 124 valence electrons. The molecule has 1 aromatic rings. The lowest BCUT2D eigenvalue weighted by atomic mass is 10.2. The highest BCUT2D eigenvalue weighted by atomic mass is 32.2. The number of carbonyl (C=O) groups excluding carboxylic acids is 1. The third-order valence-corrected chi connectivity index (χ3v) is 4.69. The molecule has 1 amide bonds. The van der Waals surface area contributed by atoms with Gasteiger partial charge in [-0.25, -0.2) is 8.42 Å². The Bertz CT molecular complexity index is 599. The molecule has 0 aromatic heterocycles. The van der Waals surface area contributed by atoms with E-state index >= 15 is 0 Å². The Morgan fingerprint density at radius 2 is 1.95 bits per heavy atom. The molecule has 0 saturated carbocycles. The molecule has 7 heteroatoms. The summed E-state index contributed by atoms with van der Waals surface area (Å²) < 4.78 is 29.8. The average molecular weight is 328 g/mol. The van der Waals surface area contributed by atoms with Crippen LogP contribution in [0.2, 0.25) is 0 Å². The number of hydrogen-bond acceptors (Lipinski definition) is 4. The van der Waals surface area contributed by atoms with Gasteiger partial charge < -0.3 is 10.1 Å². The van der Waals surface area contributed by atoms with E-state index in [1.54, 1.807) is 21.0 Å². The minimum Gasteiger partial charge on any atom is -0.496 e. The number of ether oxygens (including phenoxy) is 1. The number of para-hydroxylation sites is 1. The standard InChI is InChI=1S/C15H24N2O4S/c1-12(2)17(22(4,19)20)10-9-15(18)16-11-13-7-5-6-8-14(13)21-3/h5-8,12H,9-11H2,1-4H3,(H,16,18). The highest BCUT2D eigenvalue weighted by Gasteiger charge is 2.20. The van der Waals surface area contributed by atoms with Crippen LogP contribution < -0.4 is 10.1 Å². The van der Waals surface area contributed by atoms with Gasteiger partial charge in [0.2, 0.25) is 15.9 Å². The second-order valence-corrected chi connectivity index (χ2v) is 7.24. The summed E-state index contributed by atoms with van der Waals surface area (Å²) in [6, 6.07) is 7.25. The number of methoxy groups -OCH3 is 1. The fourth-order valence-corrected chi connectivity index (χ4v) is 3.34. The zero-order valence-electron chi connectivity index (χ0n) is 13.5. The normalized spacial score (nSPS) is 11.7. The first-order valence-corrected chi connectivity index (χ1v) is 8.96. The second-order valence-electron chi connectivity index (χ2n) is 5.31.